The van der Waals surface area contributed by atoms with Gasteiger partial charge in [-0.2, -0.15) is 0 Å². The fourth-order valence-electron chi connectivity index (χ4n) is 3.12. The molecule has 24 heavy (non-hydrogen) atoms. The molecule has 5 nitrogen and oxygen atoms in total. The topological polar surface area (TPSA) is 62.4 Å². The van der Waals surface area contributed by atoms with Crippen molar-refractivity contribution in [3.8, 4) is 0 Å². The number of hydrogen-bond acceptors (Lipinski definition) is 3. The van der Waals surface area contributed by atoms with Gasteiger partial charge in [-0.05, 0) is 24.1 Å². The molecule has 0 bridgehead atoms. The van der Waals surface area contributed by atoms with Crippen LogP contribution in [0.3, 0.4) is 0 Å². The molecule has 1 aromatic heterocycles. The van der Waals surface area contributed by atoms with Crippen molar-refractivity contribution in [3.63, 3.8) is 0 Å². The van der Waals surface area contributed by atoms with Crippen LogP contribution in [0.2, 0.25) is 0 Å². The second-order valence-corrected chi connectivity index (χ2v) is 5.75. The molecule has 2 heterocycles. The third-order valence-corrected chi connectivity index (χ3v) is 4.32. The van der Waals surface area contributed by atoms with E-state index >= 15 is 0 Å². The molecule has 3 aromatic rings. The average Bonchev–Trinajstić information content (AvgIpc) is 3.23. The first-order valence-corrected chi connectivity index (χ1v) is 7.85. The molecule has 0 unspecified atom stereocenters. The van der Waals surface area contributed by atoms with Gasteiger partial charge in [0.1, 0.15) is 0 Å². The largest absolute Gasteiger partial charge is 0.452 e. The molecule has 0 aliphatic carbocycles. The van der Waals surface area contributed by atoms with E-state index in [0.29, 0.717) is 12.1 Å². The summed E-state index contributed by atoms with van der Waals surface area (Å²) >= 11 is 0. The van der Waals surface area contributed by atoms with Gasteiger partial charge in [-0.1, -0.05) is 36.4 Å². The lowest BCUT2D eigenvalue weighted by atomic mass is 10.2. The van der Waals surface area contributed by atoms with Gasteiger partial charge in [0.25, 0.3) is 5.91 Å². The lowest BCUT2D eigenvalue weighted by Crippen LogP contribution is -2.33. The summed E-state index contributed by atoms with van der Waals surface area (Å²) in [5.41, 5.74) is 3.36. The van der Waals surface area contributed by atoms with Crippen molar-refractivity contribution in [1.82, 2.24) is 4.98 Å². The first kappa shape index (κ1) is 14.5. The number of aromatic nitrogens is 1. The van der Waals surface area contributed by atoms with Crippen LogP contribution in [-0.2, 0) is 16.0 Å². The average molecular weight is 320 g/mol. The number of rotatable bonds is 3. The Kier molecular flexibility index (Phi) is 3.54. The van der Waals surface area contributed by atoms with Crippen molar-refractivity contribution < 1.29 is 14.3 Å². The molecule has 0 fully saturated rings. The van der Waals surface area contributed by atoms with Gasteiger partial charge >= 0.3 is 5.97 Å². The van der Waals surface area contributed by atoms with Crippen molar-refractivity contribution >= 4 is 28.5 Å². The molecule has 0 atom stereocenters. The Balaban J connectivity index is 1.45. The molecule has 1 N–H and O–H groups in total. The number of esters is 1. The Labute approximate surface area is 138 Å². The minimum atomic E-state index is -0.492. The summed E-state index contributed by atoms with van der Waals surface area (Å²) in [5, 5.41) is 0.793. The van der Waals surface area contributed by atoms with Crippen molar-refractivity contribution in [1.29, 1.82) is 0 Å². The highest BCUT2D eigenvalue weighted by molar-refractivity contribution is 6.05. The molecule has 1 aliphatic heterocycles. The Hall–Kier alpha value is -3.08. The standard InChI is InChI=1S/C19H16N2O3/c22-18(21-10-9-13-5-1-4-8-17(13)21)12-24-19(23)15-11-20-16-7-3-2-6-14(15)16/h1-8,11,20H,9-10,12H2. The highest BCUT2D eigenvalue weighted by Gasteiger charge is 2.25. The smallest absolute Gasteiger partial charge is 0.340 e. The number of benzene rings is 2. The highest BCUT2D eigenvalue weighted by atomic mass is 16.5. The number of carbonyl (C=O) groups is 2. The number of amides is 1. The molecule has 0 saturated heterocycles. The fourth-order valence-corrected chi connectivity index (χ4v) is 3.12. The number of nitrogens with one attached hydrogen (secondary N) is 1. The third-order valence-electron chi connectivity index (χ3n) is 4.32. The minimum absolute atomic E-state index is 0.201. The first-order chi connectivity index (χ1) is 11.7. The van der Waals surface area contributed by atoms with Crippen LogP contribution in [0, 0.1) is 0 Å². The van der Waals surface area contributed by atoms with Gasteiger partial charge in [0, 0.05) is 29.3 Å². The van der Waals surface area contributed by atoms with E-state index in [4.69, 9.17) is 4.74 Å². The fraction of sp³-hybridized carbons (Fsp3) is 0.158. The predicted octanol–water partition coefficient (Wildman–Crippen LogP) is 2.91. The molecule has 120 valence electrons. The van der Waals surface area contributed by atoms with E-state index in [1.54, 1.807) is 11.1 Å². The van der Waals surface area contributed by atoms with Gasteiger partial charge in [-0.3, -0.25) is 4.79 Å². The molecule has 4 rings (SSSR count). The number of nitrogens with zero attached hydrogens (tertiary/aromatic N) is 1. The Morgan fingerprint density at radius 3 is 2.79 bits per heavy atom. The van der Waals surface area contributed by atoms with Crippen LogP contribution in [0.4, 0.5) is 5.69 Å². The van der Waals surface area contributed by atoms with Gasteiger partial charge in [0.2, 0.25) is 0 Å². The van der Waals surface area contributed by atoms with Gasteiger partial charge in [-0.15, -0.1) is 0 Å². The van der Waals surface area contributed by atoms with Crippen LogP contribution in [0.25, 0.3) is 10.9 Å². The molecular formula is C19H16N2O3. The summed E-state index contributed by atoms with van der Waals surface area (Å²) in [5.74, 6) is -0.693. The van der Waals surface area contributed by atoms with Gasteiger partial charge in [-0.25, -0.2) is 4.79 Å². The van der Waals surface area contributed by atoms with Crippen LogP contribution in [0.5, 0.6) is 0 Å². The molecule has 0 saturated carbocycles. The number of para-hydroxylation sites is 2. The van der Waals surface area contributed by atoms with E-state index in [-0.39, 0.29) is 12.5 Å². The summed E-state index contributed by atoms with van der Waals surface area (Å²) < 4.78 is 5.23. The van der Waals surface area contributed by atoms with Crippen LogP contribution in [0.15, 0.2) is 54.7 Å². The van der Waals surface area contributed by atoms with E-state index < -0.39 is 5.97 Å². The second-order valence-electron chi connectivity index (χ2n) is 5.75. The molecule has 0 radical (unpaired) electrons. The number of fused-ring (bicyclic) bond motifs is 2. The zero-order valence-electron chi connectivity index (χ0n) is 13.0. The Morgan fingerprint density at radius 1 is 1.08 bits per heavy atom. The van der Waals surface area contributed by atoms with E-state index in [1.807, 2.05) is 48.5 Å². The van der Waals surface area contributed by atoms with E-state index in [1.165, 1.54) is 0 Å². The maximum atomic E-state index is 12.4. The molecular weight excluding hydrogens is 304 g/mol. The zero-order chi connectivity index (χ0) is 16.5. The van der Waals surface area contributed by atoms with Crippen LogP contribution in [0.1, 0.15) is 15.9 Å². The zero-order valence-corrected chi connectivity index (χ0v) is 13.0. The monoisotopic (exact) mass is 320 g/mol. The second kappa shape index (κ2) is 5.85. The lowest BCUT2D eigenvalue weighted by Gasteiger charge is -2.17. The number of aromatic amines is 1. The van der Waals surface area contributed by atoms with E-state index in [9.17, 15) is 9.59 Å². The van der Waals surface area contributed by atoms with Crippen LogP contribution in [-0.4, -0.2) is 30.0 Å². The lowest BCUT2D eigenvalue weighted by molar-refractivity contribution is -0.121. The molecule has 0 spiro atoms. The molecule has 5 heteroatoms. The minimum Gasteiger partial charge on any atom is -0.452 e. The normalized spacial score (nSPS) is 13.1. The third kappa shape index (κ3) is 2.44. The number of H-pyrrole nitrogens is 1. The van der Waals surface area contributed by atoms with Crippen molar-refractivity contribution in [2.75, 3.05) is 18.1 Å². The Bertz CT molecular complexity index is 929. The predicted molar refractivity (Wildman–Crippen MR) is 91.1 cm³/mol. The summed E-state index contributed by atoms with van der Waals surface area (Å²) in [4.78, 5) is 29.4. The maximum Gasteiger partial charge on any atom is 0.340 e. The molecule has 1 amide bonds. The SMILES string of the molecule is O=C(OCC(=O)N1CCc2ccccc21)c1c[nH]c2ccccc12. The van der Waals surface area contributed by atoms with Crippen LogP contribution < -0.4 is 4.90 Å². The summed E-state index contributed by atoms with van der Waals surface area (Å²) in [6, 6.07) is 15.3. The summed E-state index contributed by atoms with van der Waals surface area (Å²) in [7, 11) is 0. The van der Waals surface area contributed by atoms with Crippen molar-refractivity contribution in [3.05, 3.63) is 65.9 Å². The number of carbonyl (C=O) groups excluding carboxylic acids is 2. The van der Waals surface area contributed by atoms with Crippen LogP contribution >= 0.6 is 0 Å². The number of ether oxygens (including phenoxy) is 1. The summed E-state index contributed by atoms with van der Waals surface area (Å²) in [6.07, 6.45) is 2.45. The van der Waals surface area contributed by atoms with E-state index in [0.717, 1.165) is 28.6 Å². The highest BCUT2D eigenvalue weighted by Crippen LogP contribution is 2.27. The molecule has 2 aromatic carbocycles. The Morgan fingerprint density at radius 2 is 1.88 bits per heavy atom. The maximum absolute atomic E-state index is 12.4. The van der Waals surface area contributed by atoms with Gasteiger partial charge < -0.3 is 14.6 Å². The van der Waals surface area contributed by atoms with Crippen molar-refractivity contribution in [2.24, 2.45) is 0 Å². The van der Waals surface area contributed by atoms with Crippen molar-refractivity contribution in [2.45, 2.75) is 6.42 Å². The quantitative estimate of drug-likeness (QED) is 0.755. The summed E-state index contributed by atoms with van der Waals surface area (Å²) in [6.45, 7) is 0.371. The van der Waals surface area contributed by atoms with E-state index in [2.05, 4.69) is 4.98 Å². The number of hydrogen-bond donors (Lipinski definition) is 1. The molecule has 1 aliphatic rings. The number of anilines is 1. The van der Waals surface area contributed by atoms with Gasteiger partial charge in [0.05, 0.1) is 5.56 Å². The first-order valence-electron chi connectivity index (χ1n) is 7.85. The van der Waals surface area contributed by atoms with Gasteiger partial charge in [0.15, 0.2) is 6.61 Å².